The second-order valence-electron chi connectivity index (χ2n) is 12.6. The predicted octanol–water partition coefficient (Wildman–Crippen LogP) is 10.2. The molecule has 4 rings (SSSR count). The Balaban J connectivity index is 0.000000207. The van der Waals surface area contributed by atoms with Gasteiger partial charge in [0.2, 0.25) is 0 Å². The molecule has 4 aliphatic carbocycles. The van der Waals surface area contributed by atoms with E-state index in [1.165, 1.54) is 38.5 Å². The normalized spacial score (nSPS) is 43.3. The Morgan fingerprint density at radius 3 is 1.06 bits per heavy atom. The molecule has 0 heteroatoms. The summed E-state index contributed by atoms with van der Waals surface area (Å²) >= 11 is 0. The van der Waals surface area contributed by atoms with E-state index in [4.69, 9.17) is 0 Å². The van der Waals surface area contributed by atoms with Gasteiger partial charge in [0.15, 0.2) is 0 Å². The molecule has 0 bridgehead atoms. The van der Waals surface area contributed by atoms with Crippen LogP contribution in [0.15, 0.2) is 23.8 Å². The Labute approximate surface area is 197 Å². The summed E-state index contributed by atoms with van der Waals surface area (Å²) in [5.41, 5.74) is 1.57. The molecule has 2 fully saturated rings. The first kappa shape index (κ1) is 28.5. The zero-order valence-corrected chi connectivity index (χ0v) is 23.2. The average molecular weight is 431 g/mol. The van der Waals surface area contributed by atoms with E-state index in [1.807, 2.05) is 0 Å². The zero-order chi connectivity index (χ0) is 23.7. The van der Waals surface area contributed by atoms with E-state index < -0.39 is 0 Å². The van der Waals surface area contributed by atoms with Gasteiger partial charge in [0, 0.05) is 0 Å². The fraction of sp³-hybridized carbons (Fsp3) is 0.871. The van der Waals surface area contributed by atoms with Crippen molar-refractivity contribution in [2.75, 3.05) is 0 Å². The molecule has 0 aromatic carbocycles. The van der Waals surface area contributed by atoms with Crippen LogP contribution >= 0.6 is 0 Å². The van der Waals surface area contributed by atoms with E-state index in [1.54, 1.807) is 5.57 Å². The van der Waals surface area contributed by atoms with Gasteiger partial charge in [0.25, 0.3) is 0 Å². The van der Waals surface area contributed by atoms with Crippen LogP contribution in [0, 0.1) is 59.2 Å². The van der Waals surface area contributed by atoms with Gasteiger partial charge in [0.05, 0.1) is 0 Å². The summed E-state index contributed by atoms with van der Waals surface area (Å²) in [5.74, 6) is 9.43. The van der Waals surface area contributed by atoms with Gasteiger partial charge in [-0.1, -0.05) is 93.0 Å². The number of rotatable bonds is 0. The summed E-state index contributed by atoms with van der Waals surface area (Å²) in [6.07, 6.45) is 15.4. The largest absolute Gasteiger partial charge is 0.0880 e. The molecule has 4 aliphatic rings. The number of hydrogen-bond donors (Lipinski definition) is 0. The molecule has 0 N–H and O–H groups in total. The second kappa shape index (κ2) is 13.9. The topological polar surface area (TPSA) is 0 Å². The van der Waals surface area contributed by atoms with Gasteiger partial charge in [-0.05, 0) is 105 Å². The Hall–Kier alpha value is -0.520. The fourth-order valence-corrected chi connectivity index (χ4v) is 5.95. The van der Waals surface area contributed by atoms with Crippen LogP contribution < -0.4 is 0 Å². The molecule has 182 valence electrons. The SMILES string of the molecule is CC1=CC(C)C(C)C1.CC1C=CCC1C.CC1CC(C)C(C)C1.CC1CC(C)C(C)C1. The van der Waals surface area contributed by atoms with Crippen molar-refractivity contribution in [2.45, 2.75) is 115 Å². The van der Waals surface area contributed by atoms with Crippen molar-refractivity contribution >= 4 is 0 Å². The molecule has 8 unspecified atom stereocenters. The summed E-state index contributed by atoms with van der Waals surface area (Å²) < 4.78 is 0. The lowest BCUT2D eigenvalue weighted by Crippen LogP contribution is -1.96. The maximum Gasteiger partial charge on any atom is -0.0231 e. The third kappa shape index (κ3) is 10.8. The van der Waals surface area contributed by atoms with Gasteiger partial charge in [-0.15, -0.1) is 0 Å². The average Bonchev–Trinajstić information content (AvgIpc) is 3.35. The summed E-state index contributed by atoms with van der Waals surface area (Å²) in [4.78, 5) is 0. The molecule has 0 radical (unpaired) electrons. The lowest BCUT2D eigenvalue weighted by Gasteiger charge is -2.05. The molecule has 31 heavy (non-hydrogen) atoms. The first-order chi connectivity index (χ1) is 14.4. The lowest BCUT2D eigenvalue weighted by molar-refractivity contribution is 0.457. The first-order valence-electron chi connectivity index (χ1n) is 13.7. The number of allylic oxidation sites excluding steroid dienone is 4. The third-order valence-electron chi connectivity index (χ3n) is 8.97. The van der Waals surface area contributed by atoms with Gasteiger partial charge in [0.1, 0.15) is 0 Å². The molecule has 8 atom stereocenters. The van der Waals surface area contributed by atoms with E-state index in [0.29, 0.717) is 0 Å². The molecule has 0 amide bonds. The van der Waals surface area contributed by atoms with Crippen molar-refractivity contribution in [2.24, 2.45) is 59.2 Å². The Morgan fingerprint density at radius 2 is 0.968 bits per heavy atom. The Bertz CT molecular complexity index is 498. The highest BCUT2D eigenvalue weighted by Crippen LogP contribution is 2.35. The van der Waals surface area contributed by atoms with Crippen molar-refractivity contribution in [3.8, 4) is 0 Å². The molecule has 0 aromatic rings. The van der Waals surface area contributed by atoms with Crippen LogP contribution in [0.2, 0.25) is 0 Å². The molecule has 0 nitrogen and oxygen atoms in total. The summed E-state index contributed by atoms with van der Waals surface area (Å²) in [5, 5.41) is 0. The van der Waals surface area contributed by atoms with Gasteiger partial charge >= 0.3 is 0 Å². The minimum atomic E-state index is 0.829. The van der Waals surface area contributed by atoms with Crippen LogP contribution in [0.1, 0.15) is 115 Å². The van der Waals surface area contributed by atoms with E-state index in [9.17, 15) is 0 Å². The van der Waals surface area contributed by atoms with Crippen LogP contribution in [-0.2, 0) is 0 Å². The molecule has 0 aliphatic heterocycles. The third-order valence-corrected chi connectivity index (χ3v) is 8.97. The lowest BCUT2D eigenvalue weighted by atomic mass is 10.0. The maximum atomic E-state index is 2.38. The zero-order valence-electron chi connectivity index (χ0n) is 23.2. The highest BCUT2D eigenvalue weighted by molar-refractivity contribution is 5.09. The van der Waals surface area contributed by atoms with Gasteiger partial charge < -0.3 is 0 Å². The maximum absolute atomic E-state index is 2.38. The summed E-state index contributed by atoms with van der Waals surface area (Å²) in [7, 11) is 0. The molecular weight excluding hydrogens is 372 g/mol. The van der Waals surface area contributed by atoms with Crippen molar-refractivity contribution in [3.63, 3.8) is 0 Å². The van der Waals surface area contributed by atoms with Gasteiger partial charge in [-0.3, -0.25) is 0 Å². The smallest absolute Gasteiger partial charge is 0.0231 e. The highest BCUT2D eigenvalue weighted by atomic mass is 14.3. The predicted molar refractivity (Wildman–Crippen MR) is 142 cm³/mol. The quantitative estimate of drug-likeness (QED) is 0.335. The Morgan fingerprint density at radius 1 is 0.548 bits per heavy atom. The second-order valence-corrected chi connectivity index (χ2v) is 12.6. The van der Waals surface area contributed by atoms with Crippen molar-refractivity contribution in [1.82, 2.24) is 0 Å². The van der Waals surface area contributed by atoms with Crippen LogP contribution in [-0.4, -0.2) is 0 Å². The number of hydrogen-bond acceptors (Lipinski definition) is 0. The molecule has 0 heterocycles. The molecule has 0 saturated heterocycles. The van der Waals surface area contributed by atoms with Crippen molar-refractivity contribution in [1.29, 1.82) is 0 Å². The minimum absolute atomic E-state index is 0.829. The van der Waals surface area contributed by atoms with E-state index in [-0.39, 0.29) is 0 Å². The van der Waals surface area contributed by atoms with Crippen molar-refractivity contribution < 1.29 is 0 Å². The van der Waals surface area contributed by atoms with Gasteiger partial charge in [-0.2, -0.15) is 0 Å². The molecular formula is C31H58. The van der Waals surface area contributed by atoms with E-state index in [0.717, 1.165) is 59.2 Å². The highest BCUT2D eigenvalue weighted by Gasteiger charge is 2.25. The molecule has 0 aromatic heterocycles. The minimum Gasteiger partial charge on any atom is -0.0880 e. The van der Waals surface area contributed by atoms with Crippen LogP contribution in [0.3, 0.4) is 0 Å². The fourth-order valence-electron chi connectivity index (χ4n) is 5.95. The summed E-state index contributed by atoms with van der Waals surface area (Å²) in [6, 6.07) is 0. The first-order valence-corrected chi connectivity index (χ1v) is 13.7. The van der Waals surface area contributed by atoms with E-state index in [2.05, 4.69) is 94.4 Å². The van der Waals surface area contributed by atoms with Gasteiger partial charge in [-0.25, -0.2) is 0 Å². The van der Waals surface area contributed by atoms with Crippen molar-refractivity contribution in [3.05, 3.63) is 23.8 Å². The Kier molecular flexibility index (Phi) is 12.8. The molecule has 0 spiro atoms. The monoisotopic (exact) mass is 430 g/mol. The van der Waals surface area contributed by atoms with Crippen LogP contribution in [0.5, 0.6) is 0 Å². The standard InChI is InChI=1S/2C8H16.C8H14.C7H12/c3*1-6-4-7(2)8(3)5-6;1-6-4-3-5-7(6)2/h2*6-8H,4-5H2,1-3H3;4,7-8H,5H2,1-3H3;3-4,6-7H,5H2,1-2H3. The van der Waals surface area contributed by atoms with E-state index >= 15 is 0 Å². The van der Waals surface area contributed by atoms with Crippen LogP contribution in [0.25, 0.3) is 0 Å². The molecule has 2 saturated carbocycles. The van der Waals surface area contributed by atoms with Crippen LogP contribution in [0.4, 0.5) is 0 Å². The summed E-state index contributed by atoms with van der Waals surface area (Å²) in [6.45, 7) is 25.6.